The summed E-state index contributed by atoms with van der Waals surface area (Å²) in [6, 6.07) is 3.92. The van der Waals surface area contributed by atoms with Gasteiger partial charge in [0.2, 0.25) is 0 Å². The van der Waals surface area contributed by atoms with Gasteiger partial charge in [-0.3, -0.25) is 4.79 Å². The quantitative estimate of drug-likeness (QED) is 0.859. The molecule has 0 spiro atoms. The molecule has 1 amide bonds. The van der Waals surface area contributed by atoms with Gasteiger partial charge in [0, 0.05) is 19.3 Å². The van der Waals surface area contributed by atoms with Crippen LogP contribution < -0.4 is 5.73 Å². The minimum atomic E-state index is -0.419. The van der Waals surface area contributed by atoms with Crippen LogP contribution in [0.15, 0.2) is 18.2 Å². The van der Waals surface area contributed by atoms with Crippen LogP contribution in [0.3, 0.4) is 0 Å². The van der Waals surface area contributed by atoms with E-state index in [9.17, 15) is 9.18 Å². The Kier molecular flexibility index (Phi) is 4.60. The molecule has 1 aliphatic rings. The summed E-state index contributed by atoms with van der Waals surface area (Å²) in [6.07, 6.45) is 2.21. The van der Waals surface area contributed by atoms with E-state index in [0.717, 1.165) is 32.5 Å². The normalized spacial score (nSPS) is 17.1. The molecule has 2 N–H and O–H groups in total. The molecule has 0 aliphatic carbocycles. The average Bonchev–Trinajstić information content (AvgIpc) is 2.40. The number of likely N-dealkylation sites (tertiary alicyclic amines) is 1. The molecule has 0 unspecified atom stereocenters. The fourth-order valence-corrected chi connectivity index (χ4v) is 2.65. The highest BCUT2D eigenvalue weighted by molar-refractivity contribution is 5.98. The van der Waals surface area contributed by atoms with Crippen molar-refractivity contribution in [2.75, 3.05) is 39.5 Å². The lowest BCUT2D eigenvalue weighted by Gasteiger charge is -2.31. The van der Waals surface area contributed by atoms with E-state index in [4.69, 9.17) is 5.73 Å². The van der Waals surface area contributed by atoms with E-state index < -0.39 is 5.82 Å². The zero-order valence-electron chi connectivity index (χ0n) is 12.1. The predicted molar refractivity (Wildman–Crippen MR) is 78.0 cm³/mol. The van der Waals surface area contributed by atoms with Crippen molar-refractivity contribution in [2.45, 2.75) is 12.8 Å². The molecule has 1 fully saturated rings. The number of piperidine rings is 1. The highest BCUT2D eigenvalue weighted by Crippen LogP contribution is 2.20. The third-order valence-corrected chi connectivity index (χ3v) is 3.96. The third-order valence-electron chi connectivity index (χ3n) is 3.96. The van der Waals surface area contributed by atoms with E-state index in [1.165, 1.54) is 18.2 Å². The Hall–Kier alpha value is -1.62. The zero-order valence-corrected chi connectivity index (χ0v) is 12.1. The maximum Gasteiger partial charge on any atom is 0.255 e. The lowest BCUT2D eigenvalue weighted by Crippen LogP contribution is -2.38. The number of carbonyl (C=O) groups is 1. The number of hydrogen-bond donors (Lipinski definition) is 1. The highest BCUT2D eigenvalue weighted by Gasteiger charge is 2.22. The molecule has 1 aliphatic heterocycles. The Labute approximate surface area is 119 Å². The van der Waals surface area contributed by atoms with Crippen molar-refractivity contribution in [1.82, 2.24) is 9.80 Å². The monoisotopic (exact) mass is 279 g/mol. The first kappa shape index (κ1) is 14.8. The van der Waals surface area contributed by atoms with Crippen LogP contribution in [0.1, 0.15) is 23.2 Å². The number of halogens is 1. The first-order chi connectivity index (χ1) is 9.47. The van der Waals surface area contributed by atoms with Gasteiger partial charge in [-0.2, -0.15) is 0 Å². The van der Waals surface area contributed by atoms with Crippen LogP contribution >= 0.6 is 0 Å². The molecule has 4 nitrogen and oxygen atoms in total. The Balaban J connectivity index is 1.98. The molecular weight excluding hydrogens is 257 g/mol. The van der Waals surface area contributed by atoms with E-state index in [2.05, 4.69) is 11.9 Å². The molecule has 110 valence electrons. The molecular formula is C15H22FN3O. The molecule has 2 rings (SSSR count). The molecule has 0 atom stereocenters. The Morgan fingerprint density at radius 3 is 2.70 bits per heavy atom. The second-order valence-corrected chi connectivity index (χ2v) is 5.66. The van der Waals surface area contributed by atoms with Crippen molar-refractivity contribution in [1.29, 1.82) is 0 Å². The fourth-order valence-electron chi connectivity index (χ4n) is 2.65. The number of nitrogen functional groups attached to an aromatic ring is 1. The molecule has 0 saturated carbocycles. The summed E-state index contributed by atoms with van der Waals surface area (Å²) in [5.41, 5.74) is 6.29. The van der Waals surface area contributed by atoms with Crippen LogP contribution in [0.5, 0.6) is 0 Å². The summed E-state index contributed by atoms with van der Waals surface area (Å²) in [6.45, 7) is 2.88. The summed E-state index contributed by atoms with van der Waals surface area (Å²) in [5, 5.41) is 0. The van der Waals surface area contributed by atoms with Gasteiger partial charge in [-0.05, 0) is 57.1 Å². The Morgan fingerprint density at radius 1 is 1.45 bits per heavy atom. The van der Waals surface area contributed by atoms with E-state index in [-0.39, 0.29) is 11.6 Å². The fraction of sp³-hybridized carbons (Fsp3) is 0.533. The lowest BCUT2D eigenvalue weighted by atomic mass is 9.96. The van der Waals surface area contributed by atoms with Crippen molar-refractivity contribution in [3.63, 3.8) is 0 Å². The number of rotatable bonds is 3. The molecule has 5 heteroatoms. The topological polar surface area (TPSA) is 49.6 Å². The largest absolute Gasteiger partial charge is 0.398 e. The minimum absolute atomic E-state index is 0.138. The zero-order chi connectivity index (χ0) is 14.7. The first-order valence-corrected chi connectivity index (χ1v) is 6.96. The van der Waals surface area contributed by atoms with E-state index in [0.29, 0.717) is 11.5 Å². The number of carbonyl (C=O) groups excluding carboxylic acids is 1. The number of benzene rings is 1. The molecule has 20 heavy (non-hydrogen) atoms. The third kappa shape index (κ3) is 3.48. The van der Waals surface area contributed by atoms with Gasteiger partial charge < -0.3 is 15.5 Å². The number of nitrogens with two attached hydrogens (primary N) is 1. The van der Waals surface area contributed by atoms with Crippen LogP contribution in [-0.4, -0.2) is 49.4 Å². The van der Waals surface area contributed by atoms with Gasteiger partial charge in [-0.25, -0.2) is 4.39 Å². The summed E-state index contributed by atoms with van der Waals surface area (Å²) in [7, 11) is 3.90. The van der Waals surface area contributed by atoms with E-state index in [1.54, 1.807) is 11.9 Å². The number of hydrogen-bond acceptors (Lipinski definition) is 3. The van der Waals surface area contributed by atoms with Crippen LogP contribution in [-0.2, 0) is 0 Å². The molecule has 1 heterocycles. The maximum atomic E-state index is 13.0. The molecule has 0 bridgehead atoms. The van der Waals surface area contributed by atoms with E-state index in [1.807, 2.05) is 0 Å². The number of nitrogens with zero attached hydrogens (tertiary/aromatic N) is 2. The second kappa shape index (κ2) is 6.22. The van der Waals surface area contributed by atoms with Gasteiger partial charge in [-0.1, -0.05) is 0 Å². The van der Waals surface area contributed by atoms with Gasteiger partial charge in [0.05, 0.1) is 5.56 Å². The summed E-state index contributed by atoms with van der Waals surface area (Å²) in [5.74, 6) is -0.0275. The van der Waals surface area contributed by atoms with Crippen LogP contribution in [0.4, 0.5) is 10.1 Å². The van der Waals surface area contributed by atoms with Crippen molar-refractivity contribution in [3.8, 4) is 0 Å². The first-order valence-electron chi connectivity index (χ1n) is 6.96. The van der Waals surface area contributed by atoms with Gasteiger partial charge in [0.25, 0.3) is 5.91 Å². The van der Waals surface area contributed by atoms with Crippen molar-refractivity contribution >= 4 is 11.6 Å². The van der Waals surface area contributed by atoms with Gasteiger partial charge >= 0.3 is 0 Å². The maximum absolute atomic E-state index is 13.0. The predicted octanol–water partition coefficient (Wildman–Crippen LogP) is 1.82. The number of anilines is 1. The molecule has 1 aromatic carbocycles. The molecule has 1 aromatic rings. The molecule has 0 radical (unpaired) electrons. The lowest BCUT2D eigenvalue weighted by molar-refractivity contribution is 0.0748. The average molecular weight is 279 g/mol. The minimum Gasteiger partial charge on any atom is -0.398 e. The van der Waals surface area contributed by atoms with Crippen molar-refractivity contribution in [3.05, 3.63) is 29.6 Å². The summed E-state index contributed by atoms with van der Waals surface area (Å²) >= 11 is 0. The van der Waals surface area contributed by atoms with Gasteiger partial charge in [-0.15, -0.1) is 0 Å². The standard InChI is InChI=1S/C15H22FN3O/c1-18-7-5-11(6-8-18)10-19(2)15(20)13-4-3-12(16)9-14(13)17/h3-4,9,11H,5-8,10,17H2,1-2H3. The van der Waals surface area contributed by atoms with Crippen LogP contribution in [0.25, 0.3) is 0 Å². The Bertz CT molecular complexity index is 484. The van der Waals surface area contributed by atoms with Crippen molar-refractivity contribution < 1.29 is 9.18 Å². The summed E-state index contributed by atoms with van der Waals surface area (Å²) < 4.78 is 13.0. The van der Waals surface area contributed by atoms with Gasteiger partial charge in [0.15, 0.2) is 0 Å². The van der Waals surface area contributed by atoms with Gasteiger partial charge in [0.1, 0.15) is 5.82 Å². The molecule has 1 saturated heterocycles. The smallest absolute Gasteiger partial charge is 0.255 e. The Morgan fingerprint density at radius 2 is 2.10 bits per heavy atom. The number of amides is 1. The van der Waals surface area contributed by atoms with Crippen LogP contribution in [0.2, 0.25) is 0 Å². The van der Waals surface area contributed by atoms with Crippen LogP contribution in [0, 0.1) is 11.7 Å². The highest BCUT2D eigenvalue weighted by atomic mass is 19.1. The molecule has 0 aromatic heterocycles. The second-order valence-electron chi connectivity index (χ2n) is 5.66. The van der Waals surface area contributed by atoms with E-state index >= 15 is 0 Å². The SMILES string of the molecule is CN1CCC(CN(C)C(=O)c2ccc(F)cc2N)CC1. The summed E-state index contributed by atoms with van der Waals surface area (Å²) in [4.78, 5) is 16.3. The van der Waals surface area contributed by atoms with Crippen molar-refractivity contribution in [2.24, 2.45) is 5.92 Å².